The van der Waals surface area contributed by atoms with E-state index in [0.717, 1.165) is 22.9 Å². The van der Waals surface area contributed by atoms with Gasteiger partial charge in [0.2, 0.25) is 0 Å². The van der Waals surface area contributed by atoms with Gasteiger partial charge in [-0.05, 0) is 36.1 Å². The van der Waals surface area contributed by atoms with Crippen LogP contribution >= 0.6 is 32.9 Å². The van der Waals surface area contributed by atoms with Crippen LogP contribution in [0, 0.1) is 0 Å². The predicted octanol–water partition coefficient (Wildman–Crippen LogP) is 2.47. The van der Waals surface area contributed by atoms with Crippen LogP contribution in [-0.4, -0.2) is 17.1 Å². The van der Waals surface area contributed by atoms with Crippen molar-refractivity contribution in [1.29, 1.82) is 0 Å². The Balaban J connectivity index is 0.00000128. The molecule has 1 aliphatic rings. The molecule has 0 saturated heterocycles. The first kappa shape index (κ1) is 13.7. The number of carboxylic acids is 1. The third kappa shape index (κ3) is 2.47. The predicted molar refractivity (Wildman–Crippen MR) is 71.1 cm³/mol. The Labute approximate surface area is 113 Å². The van der Waals surface area contributed by atoms with E-state index in [9.17, 15) is 4.79 Å². The average molecular weight is 351 g/mol. The lowest BCUT2D eigenvalue weighted by molar-refractivity contribution is -0.139. The molecule has 0 saturated carbocycles. The molecule has 1 aliphatic carbocycles. The van der Waals surface area contributed by atoms with Crippen LogP contribution in [0.25, 0.3) is 0 Å². The van der Waals surface area contributed by atoms with Gasteiger partial charge in [-0.1, -0.05) is 22.0 Å². The summed E-state index contributed by atoms with van der Waals surface area (Å²) in [5.41, 5.74) is 7.98. The molecule has 3 N–H and O–H groups in total. The molecule has 0 aliphatic heterocycles. The summed E-state index contributed by atoms with van der Waals surface area (Å²) >= 11 is 3.39. The van der Waals surface area contributed by atoms with E-state index in [4.69, 9.17) is 10.8 Å². The third-order valence-corrected chi connectivity index (χ3v) is 3.44. The summed E-state index contributed by atoms with van der Waals surface area (Å²) in [7, 11) is 0. The summed E-state index contributed by atoms with van der Waals surface area (Å²) < 4.78 is 0.978. The number of aryl methyl sites for hydroxylation is 1. The molecular weight excluding hydrogens is 338 g/mol. The fourth-order valence-corrected chi connectivity index (χ4v) is 2.53. The van der Waals surface area contributed by atoms with E-state index in [1.165, 1.54) is 5.56 Å². The van der Waals surface area contributed by atoms with E-state index in [-0.39, 0.29) is 22.9 Å². The van der Waals surface area contributed by atoms with E-state index in [1.807, 2.05) is 18.2 Å². The first-order chi connectivity index (χ1) is 7.09. The molecule has 0 amide bonds. The highest BCUT2D eigenvalue weighted by Gasteiger charge is 2.31. The summed E-state index contributed by atoms with van der Waals surface area (Å²) in [6, 6.07) is 5.21. The number of halogens is 2. The fraction of sp³-hybridized carbons (Fsp3) is 0.364. The Kier molecular flexibility index (Phi) is 4.52. The van der Waals surface area contributed by atoms with Crippen LogP contribution in [0.15, 0.2) is 22.7 Å². The van der Waals surface area contributed by atoms with Gasteiger partial charge in [-0.25, -0.2) is 0 Å². The first-order valence-electron chi connectivity index (χ1n) is 4.86. The third-order valence-electron chi connectivity index (χ3n) is 2.95. The number of aliphatic carboxylic acids is 1. The molecule has 0 bridgehead atoms. The van der Waals surface area contributed by atoms with E-state index in [0.29, 0.717) is 0 Å². The van der Waals surface area contributed by atoms with Gasteiger partial charge < -0.3 is 10.8 Å². The number of carbonyl (C=O) groups is 1. The number of hydrogen-bond acceptors (Lipinski definition) is 2. The highest BCUT2D eigenvalue weighted by atomic mass is 79.9. The lowest BCUT2D eigenvalue weighted by Crippen LogP contribution is -2.35. The smallest absolute Gasteiger partial charge is 0.321 e. The van der Waals surface area contributed by atoms with Gasteiger partial charge >= 0.3 is 5.97 Å². The SMILES string of the molecule is Br.NC(C(=O)O)[C@H]1CCc2ccc(Br)cc21. The Morgan fingerprint density at radius 3 is 2.88 bits per heavy atom. The average Bonchev–Trinajstić information content (AvgIpc) is 2.59. The van der Waals surface area contributed by atoms with Crippen LogP contribution in [0.2, 0.25) is 0 Å². The highest BCUT2D eigenvalue weighted by Crippen LogP contribution is 2.36. The lowest BCUT2D eigenvalue weighted by atomic mass is 9.94. The number of carboxylic acid groups (broad SMARTS) is 1. The number of nitrogens with two attached hydrogens (primary N) is 1. The van der Waals surface area contributed by atoms with Gasteiger partial charge in [0, 0.05) is 10.4 Å². The zero-order valence-corrected chi connectivity index (χ0v) is 11.8. The lowest BCUT2D eigenvalue weighted by Gasteiger charge is -2.16. The van der Waals surface area contributed by atoms with Gasteiger partial charge in [0.1, 0.15) is 6.04 Å². The number of fused-ring (bicyclic) bond motifs is 1. The Morgan fingerprint density at radius 1 is 1.56 bits per heavy atom. The van der Waals surface area contributed by atoms with Crippen molar-refractivity contribution in [3.05, 3.63) is 33.8 Å². The Morgan fingerprint density at radius 2 is 2.25 bits per heavy atom. The minimum atomic E-state index is -0.923. The van der Waals surface area contributed by atoms with Crippen molar-refractivity contribution in [3.63, 3.8) is 0 Å². The van der Waals surface area contributed by atoms with Crippen molar-refractivity contribution < 1.29 is 9.90 Å². The molecule has 1 unspecified atom stereocenters. The van der Waals surface area contributed by atoms with Crippen LogP contribution in [-0.2, 0) is 11.2 Å². The summed E-state index contributed by atoms with van der Waals surface area (Å²) in [6.45, 7) is 0. The normalized spacial score (nSPS) is 19.8. The summed E-state index contributed by atoms with van der Waals surface area (Å²) in [5.74, 6) is -0.970. The van der Waals surface area contributed by atoms with Gasteiger partial charge in [0.15, 0.2) is 0 Å². The molecule has 1 aromatic rings. The molecule has 0 heterocycles. The second-order valence-corrected chi connectivity index (χ2v) is 4.77. The van der Waals surface area contributed by atoms with Gasteiger partial charge in [0.25, 0.3) is 0 Å². The molecular formula is C11H13Br2NO2. The first-order valence-corrected chi connectivity index (χ1v) is 5.65. The molecule has 3 nitrogen and oxygen atoms in total. The van der Waals surface area contributed by atoms with Crippen molar-refractivity contribution in [1.82, 2.24) is 0 Å². The van der Waals surface area contributed by atoms with Crippen LogP contribution < -0.4 is 5.73 Å². The number of hydrogen-bond donors (Lipinski definition) is 2. The van der Waals surface area contributed by atoms with Crippen LogP contribution in [0.3, 0.4) is 0 Å². The maximum Gasteiger partial charge on any atom is 0.321 e. The maximum atomic E-state index is 10.8. The molecule has 0 radical (unpaired) electrons. The molecule has 5 heteroatoms. The van der Waals surface area contributed by atoms with Crippen molar-refractivity contribution in [2.24, 2.45) is 5.73 Å². The fourth-order valence-electron chi connectivity index (χ4n) is 2.15. The van der Waals surface area contributed by atoms with Crippen molar-refractivity contribution in [3.8, 4) is 0 Å². The van der Waals surface area contributed by atoms with Crippen LogP contribution in [0.4, 0.5) is 0 Å². The molecule has 1 aromatic carbocycles. The van der Waals surface area contributed by atoms with Crippen molar-refractivity contribution >= 4 is 38.9 Å². The summed E-state index contributed by atoms with van der Waals surface area (Å²) in [5, 5.41) is 8.90. The largest absolute Gasteiger partial charge is 0.480 e. The standard InChI is InChI=1S/C11H12BrNO2.BrH/c12-7-3-1-6-2-4-8(9(6)5-7)10(13)11(14)15;/h1,3,5,8,10H,2,4,13H2,(H,14,15);1H/t8-,10?;/m0./s1. The Hall–Kier alpha value is -0.390. The van der Waals surface area contributed by atoms with Gasteiger partial charge in [-0.15, -0.1) is 17.0 Å². The molecule has 0 fully saturated rings. The Bertz CT molecular complexity index is 409. The summed E-state index contributed by atoms with van der Waals surface area (Å²) in [6.07, 6.45) is 1.76. The molecule has 0 spiro atoms. The molecule has 16 heavy (non-hydrogen) atoms. The van der Waals surface area contributed by atoms with Gasteiger partial charge in [-0.2, -0.15) is 0 Å². The van der Waals surface area contributed by atoms with E-state index >= 15 is 0 Å². The number of benzene rings is 1. The second kappa shape index (κ2) is 5.29. The molecule has 2 rings (SSSR count). The second-order valence-electron chi connectivity index (χ2n) is 3.85. The van der Waals surface area contributed by atoms with E-state index in [2.05, 4.69) is 15.9 Å². The quantitative estimate of drug-likeness (QED) is 0.861. The highest BCUT2D eigenvalue weighted by molar-refractivity contribution is 9.10. The number of rotatable bonds is 2. The van der Waals surface area contributed by atoms with Crippen molar-refractivity contribution in [2.45, 2.75) is 24.8 Å². The van der Waals surface area contributed by atoms with Gasteiger partial charge in [0.05, 0.1) is 0 Å². The van der Waals surface area contributed by atoms with Gasteiger partial charge in [-0.3, -0.25) is 4.79 Å². The monoisotopic (exact) mass is 349 g/mol. The van der Waals surface area contributed by atoms with Crippen molar-refractivity contribution in [2.75, 3.05) is 0 Å². The maximum absolute atomic E-state index is 10.8. The molecule has 2 atom stereocenters. The zero-order valence-electron chi connectivity index (χ0n) is 8.52. The topological polar surface area (TPSA) is 63.3 Å². The minimum absolute atomic E-state index is 0. The molecule has 0 aromatic heterocycles. The van der Waals surface area contributed by atoms with Crippen LogP contribution in [0.1, 0.15) is 23.5 Å². The van der Waals surface area contributed by atoms with E-state index in [1.54, 1.807) is 0 Å². The minimum Gasteiger partial charge on any atom is -0.480 e. The molecule has 88 valence electrons. The van der Waals surface area contributed by atoms with E-state index < -0.39 is 12.0 Å². The van der Waals surface area contributed by atoms with Crippen LogP contribution in [0.5, 0.6) is 0 Å². The zero-order chi connectivity index (χ0) is 11.0. The summed E-state index contributed by atoms with van der Waals surface area (Å²) in [4.78, 5) is 10.8.